The largest absolute Gasteiger partial charge is 0.254 e. The number of pyridine rings is 10. The Balaban J connectivity index is 0.000000100. The van der Waals surface area contributed by atoms with Crippen LogP contribution in [0.4, 0.5) is 0 Å². The number of nitrogens with zero attached hydrogens (tertiary/aromatic N) is 10. The average molecular weight is 971 g/mol. The second-order valence-electron chi connectivity index (χ2n) is 18.4. The Bertz CT molecular complexity index is 4370. The van der Waals surface area contributed by atoms with Gasteiger partial charge in [0, 0.05) is 115 Å². The molecule has 10 nitrogen and oxygen atoms in total. The fourth-order valence-corrected chi connectivity index (χ4v) is 9.34. The van der Waals surface area contributed by atoms with Crippen LogP contribution in [0.15, 0.2) is 213 Å². The molecule has 0 amide bonds. The van der Waals surface area contributed by atoms with Gasteiger partial charge in [-0.2, -0.15) is 0 Å². The summed E-state index contributed by atoms with van der Waals surface area (Å²) in [5, 5.41) is 11.5. The first kappa shape index (κ1) is 47.5. The van der Waals surface area contributed by atoms with Crippen molar-refractivity contribution >= 4 is 109 Å². The van der Waals surface area contributed by atoms with Crippen molar-refractivity contribution < 1.29 is 0 Å². The zero-order valence-corrected chi connectivity index (χ0v) is 42.2. The topological polar surface area (TPSA) is 129 Å². The van der Waals surface area contributed by atoms with E-state index in [0.717, 1.165) is 110 Å². The van der Waals surface area contributed by atoms with Crippen LogP contribution in [0.3, 0.4) is 0 Å². The van der Waals surface area contributed by atoms with Crippen molar-refractivity contribution in [2.24, 2.45) is 0 Å². The lowest BCUT2D eigenvalue weighted by atomic mass is 10.1. The van der Waals surface area contributed by atoms with E-state index in [0.29, 0.717) is 0 Å². The maximum atomic E-state index is 4.54. The second-order valence-corrected chi connectivity index (χ2v) is 18.4. The summed E-state index contributed by atoms with van der Waals surface area (Å²) < 4.78 is 0. The van der Waals surface area contributed by atoms with Gasteiger partial charge in [0.25, 0.3) is 0 Å². The lowest BCUT2D eigenvalue weighted by Crippen LogP contribution is -1.86. The van der Waals surface area contributed by atoms with Crippen LogP contribution in [-0.4, -0.2) is 49.8 Å². The van der Waals surface area contributed by atoms with Crippen LogP contribution in [0, 0.1) is 34.6 Å². The summed E-state index contributed by atoms with van der Waals surface area (Å²) in [5.41, 5.74) is 15.6. The molecule has 15 rings (SSSR count). The molecule has 0 aliphatic heterocycles. The Morgan fingerprint density at radius 1 is 0.240 bits per heavy atom. The number of hydrogen-bond acceptors (Lipinski definition) is 10. The van der Waals surface area contributed by atoms with Crippen molar-refractivity contribution in [2.45, 2.75) is 34.6 Å². The Hall–Kier alpha value is -9.80. The molecule has 10 heteroatoms. The highest BCUT2D eigenvalue weighted by Gasteiger charge is 2.07. The number of hydrogen-bond donors (Lipinski definition) is 0. The maximum Gasteiger partial charge on any atom is 0.0967 e. The van der Waals surface area contributed by atoms with Crippen molar-refractivity contribution in [2.75, 3.05) is 0 Å². The van der Waals surface area contributed by atoms with Gasteiger partial charge in [-0.3, -0.25) is 49.8 Å². The molecule has 360 valence electrons. The normalized spacial score (nSPS) is 11.0. The first-order valence-corrected chi connectivity index (χ1v) is 24.8. The summed E-state index contributed by atoms with van der Waals surface area (Å²) in [6.45, 7) is 10.3. The van der Waals surface area contributed by atoms with Gasteiger partial charge in [0.2, 0.25) is 0 Å². The SMILES string of the molecule is Cc1cc2cccnc2c2ncccc12.Cc1ccc2ccc3cccnc3c2n1.Cc1ccc2ccc3cccnc3c2n1.Cc1ccnc2c1ccc1cccnc12.Cc1cnc2c(ccc3cccnc32)c1. The van der Waals surface area contributed by atoms with E-state index in [4.69, 9.17) is 0 Å². The molecule has 0 saturated carbocycles. The molecule has 0 radical (unpaired) electrons. The Kier molecular flexibility index (Phi) is 13.4. The fourth-order valence-electron chi connectivity index (χ4n) is 9.34. The van der Waals surface area contributed by atoms with E-state index in [-0.39, 0.29) is 0 Å². The molecule has 0 N–H and O–H groups in total. The minimum absolute atomic E-state index is 0.981. The van der Waals surface area contributed by atoms with E-state index >= 15 is 0 Å². The summed E-state index contributed by atoms with van der Waals surface area (Å²) in [5.74, 6) is 0. The molecular weight excluding hydrogens is 921 g/mol. The quantitative estimate of drug-likeness (QED) is 0.135. The molecule has 0 unspecified atom stereocenters. The van der Waals surface area contributed by atoms with Crippen LogP contribution in [-0.2, 0) is 0 Å². The van der Waals surface area contributed by atoms with E-state index in [1.54, 1.807) is 0 Å². The smallest absolute Gasteiger partial charge is 0.0967 e. The number of benzene rings is 5. The lowest BCUT2D eigenvalue weighted by molar-refractivity contribution is 1.25. The molecule has 0 spiro atoms. The highest BCUT2D eigenvalue weighted by atomic mass is 14.8. The molecule has 0 aliphatic carbocycles. The van der Waals surface area contributed by atoms with Gasteiger partial charge in [-0.25, -0.2) is 0 Å². The van der Waals surface area contributed by atoms with Crippen LogP contribution in [0.25, 0.3) is 109 Å². The van der Waals surface area contributed by atoms with E-state index in [1.807, 2.05) is 118 Å². The summed E-state index contributed by atoms with van der Waals surface area (Å²) in [6.07, 6.45) is 14.6. The standard InChI is InChI=1S/5C13H10N2/c1-9-8-10-4-2-6-14-12(10)13-11(9)5-3-7-15-13;2*1-9-4-5-11-7-6-10-3-2-8-14-12(10)13(11)15-9;1-9-6-8-15-13-11(9)5-4-10-3-2-7-14-12(10)13;1-9-7-11-5-4-10-3-2-6-14-12(10)13(11)15-8-9/h5*2-8H,1H3. The summed E-state index contributed by atoms with van der Waals surface area (Å²) in [4.78, 5) is 44.3. The van der Waals surface area contributed by atoms with E-state index in [9.17, 15) is 0 Å². The van der Waals surface area contributed by atoms with Crippen molar-refractivity contribution in [3.63, 3.8) is 0 Å². The van der Waals surface area contributed by atoms with Crippen LogP contribution in [0.1, 0.15) is 28.1 Å². The third kappa shape index (κ3) is 10.1. The molecule has 75 heavy (non-hydrogen) atoms. The van der Waals surface area contributed by atoms with Gasteiger partial charge in [0.05, 0.1) is 55.2 Å². The van der Waals surface area contributed by atoms with E-state index in [2.05, 4.69) is 180 Å². The summed E-state index contributed by atoms with van der Waals surface area (Å²) in [6, 6.07) is 55.4. The zero-order valence-electron chi connectivity index (χ0n) is 42.2. The first-order chi connectivity index (χ1) is 36.8. The van der Waals surface area contributed by atoms with Crippen molar-refractivity contribution in [3.8, 4) is 0 Å². The molecule has 0 atom stereocenters. The number of fused-ring (bicyclic) bond motifs is 15. The van der Waals surface area contributed by atoms with Gasteiger partial charge < -0.3 is 0 Å². The van der Waals surface area contributed by atoms with Crippen molar-refractivity contribution in [1.29, 1.82) is 0 Å². The van der Waals surface area contributed by atoms with Crippen LogP contribution < -0.4 is 0 Å². The van der Waals surface area contributed by atoms with E-state index in [1.165, 1.54) is 27.5 Å². The van der Waals surface area contributed by atoms with Gasteiger partial charge in [0.1, 0.15) is 0 Å². The predicted octanol–water partition coefficient (Wildman–Crippen LogP) is 15.5. The Morgan fingerprint density at radius 3 is 1.09 bits per heavy atom. The molecule has 0 bridgehead atoms. The summed E-state index contributed by atoms with van der Waals surface area (Å²) >= 11 is 0. The van der Waals surface area contributed by atoms with E-state index < -0.39 is 0 Å². The Morgan fingerprint density at radius 2 is 0.573 bits per heavy atom. The minimum Gasteiger partial charge on any atom is -0.254 e. The number of aromatic nitrogens is 10. The van der Waals surface area contributed by atoms with Gasteiger partial charge in [-0.1, -0.05) is 97.1 Å². The van der Waals surface area contributed by atoms with Crippen LogP contribution in [0.2, 0.25) is 0 Å². The van der Waals surface area contributed by atoms with Crippen molar-refractivity contribution in [1.82, 2.24) is 49.8 Å². The molecule has 0 saturated heterocycles. The molecule has 0 aliphatic rings. The van der Waals surface area contributed by atoms with Crippen molar-refractivity contribution in [3.05, 3.63) is 241 Å². The van der Waals surface area contributed by atoms with Gasteiger partial charge >= 0.3 is 0 Å². The second kappa shape index (κ2) is 21.1. The summed E-state index contributed by atoms with van der Waals surface area (Å²) in [7, 11) is 0. The van der Waals surface area contributed by atoms with Crippen LogP contribution in [0.5, 0.6) is 0 Å². The molecule has 10 aromatic heterocycles. The lowest BCUT2D eigenvalue weighted by Gasteiger charge is -2.04. The predicted molar refractivity (Wildman–Crippen MR) is 309 cm³/mol. The zero-order chi connectivity index (χ0) is 51.3. The van der Waals surface area contributed by atoms with Gasteiger partial charge in [-0.05, 0) is 118 Å². The fraction of sp³-hybridized carbons (Fsp3) is 0.0769. The molecule has 0 fully saturated rings. The number of aryl methyl sites for hydroxylation is 5. The van der Waals surface area contributed by atoms with Crippen LogP contribution >= 0.6 is 0 Å². The first-order valence-electron chi connectivity index (χ1n) is 24.8. The third-order valence-electron chi connectivity index (χ3n) is 13.1. The average Bonchev–Trinajstić information content (AvgIpc) is 3.46. The minimum atomic E-state index is 0.981. The van der Waals surface area contributed by atoms with Gasteiger partial charge in [-0.15, -0.1) is 0 Å². The molecule has 5 aromatic carbocycles. The Labute approximate surface area is 433 Å². The number of rotatable bonds is 0. The maximum absolute atomic E-state index is 4.54. The highest BCUT2D eigenvalue weighted by molar-refractivity contribution is 6.06. The highest BCUT2D eigenvalue weighted by Crippen LogP contribution is 2.27. The van der Waals surface area contributed by atoms with Gasteiger partial charge in [0.15, 0.2) is 0 Å². The third-order valence-corrected chi connectivity index (χ3v) is 13.1. The monoisotopic (exact) mass is 970 g/mol. The molecular formula is C65H50N10. The molecule has 15 aromatic rings. The molecule has 10 heterocycles.